The zero-order valence-corrected chi connectivity index (χ0v) is 13.7. The number of amides is 3. The number of hydrogen-bond donors (Lipinski definition) is 3. The Bertz CT molecular complexity index is 641. The molecule has 0 fully saturated rings. The summed E-state index contributed by atoms with van der Waals surface area (Å²) in [4.78, 5) is 35.7. The second-order valence-electron chi connectivity index (χ2n) is 4.34. The van der Waals surface area contributed by atoms with E-state index >= 15 is 0 Å². The number of nitrogens with one attached hydrogen (secondary N) is 3. The van der Waals surface area contributed by atoms with Crippen molar-refractivity contribution < 1.29 is 18.8 Å². The minimum atomic E-state index is -0.937. The summed E-state index contributed by atoms with van der Waals surface area (Å²) in [7, 11) is 0. The lowest BCUT2D eigenvalue weighted by Crippen LogP contribution is -2.48. The molecule has 122 valence electrons. The van der Waals surface area contributed by atoms with Crippen LogP contribution in [0, 0.1) is 0 Å². The van der Waals surface area contributed by atoms with Crippen molar-refractivity contribution in [1.29, 1.82) is 0 Å². The second-order valence-corrected chi connectivity index (χ2v) is 6.35. The van der Waals surface area contributed by atoms with Crippen LogP contribution in [0.2, 0.25) is 0 Å². The Kier molecular flexibility index (Phi) is 6.70. The van der Waals surface area contributed by atoms with E-state index in [1.807, 2.05) is 17.5 Å². The Morgan fingerprint density at radius 2 is 2.00 bits per heavy atom. The van der Waals surface area contributed by atoms with E-state index in [4.69, 9.17) is 4.42 Å². The van der Waals surface area contributed by atoms with Gasteiger partial charge in [0.05, 0.1) is 18.6 Å². The highest BCUT2D eigenvalue weighted by atomic mass is 32.2. The molecule has 2 heterocycles. The van der Waals surface area contributed by atoms with E-state index in [2.05, 4.69) is 16.2 Å². The highest BCUT2D eigenvalue weighted by Gasteiger charge is 2.14. The van der Waals surface area contributed by atoms with E-state index in [1.165, 1.54) is 22.9 Å². The molecule has 0 radical (unpaired) electrons. The van der Waals surface area contributed by atoms with Gasteiger partial charge in [0.2, 0.25) is 5.91 Å². The highest BCUT2D eigenvalue weighted by molar-refractivity contribution is 7.99. The van der Waals surface area contributed by atoms with Gasteiger partial charge in [-0.2, -0.15) is 0 Å². The van der Waals surface area contributed by atoms with Crippen LogP contribution in [-0.2, 0) is 26.7 Å². The minimum Gasteiger partial charge on any atom is -0.467 e. The van der Waals surface area contributed by atoms with E-state index in [9.17, 15) is 14.4 Å². The van der Waals surface area contributed by atoms with Crippen LogP contribution in [0.15, 0.2) is 40.3 Å². The standard InChI is InChI=1S/C14H15N3O4S2/c18-12(9-22-8-11-4-2-6-23-11)16-17-14(20)13(19)15-7-10-3-1-5-21-10/h1-6H,7-9H2,(H,15,19)(H,16,18)(H,17,20). The van der Waals surface area contributed by atoms with Gasteiger partial charge in [-0.1, -0.05) is 6.07 Å². The third kappa shape index (κ3) is 6.17. The second kappa shape index (κ2) is 9.01. The maximum atomic E-state index is 11.6. The number of hydrazine groups is 1. The zero-order chi connectivity index (χ0) is 16.5. The minimum absolute atomic E-state index is 0.101. The summed E-state index contributed by atoms with van der Waals surface area (Å²) < 4.78 is 5.02. The molecule has 0 saturated carbocycles. The first-order valence-electron chi connectivity index (χ1n) is 6.64. The summed E-state index contributed by atoms with van der Waals surface area (Å²) in [5.74, 6) is -0.727. The molecule has 0 bridgehead atoms. The van der Waals surface area contributed by atoms with Crippen LogP contribution >= 0.6 is 23.1 Å². The first-order valence-corrected chi connectivity index (χ1v) is 8.68. The first kappa shape index (κ1) is 17.1. The fourth-order valence-corrected chi connectivity index (χ4v) is 3.19. The fourth-order valence-electron chi connectivity index (χ4n) is 1.52. The fraction of sp³-hybridized carbons (Fsp3) is 0.214. The molecule has 3 N–H and O–H groups in total. The Morgan fingerprint density at radius 3 is 2.70 bits per heavy atom. The Morgan fingerprint density at radius 1 is 1.13 bits per heavy atom. The van der Waals surface area contributed by atoms with E-state index in [-0.39, 0.29) is 18.2 Å². The molecule has 0 unspecified atom stereocenters. The Labute approximate surface area is 140 Å². The summed E-state index contributed by atoms with van der Waals surface area (Å²) in [6.45, 7) is 0.101. The van der Waals surface area contributed by atoms with Gasteiger partial charge in [0.1, 0.15) is 5.76 Å². The normalized spacial score (nSPS) is 10.1. The molecular formula is C14H15N3O4S2. The van der Waals surface area contributed by atoms with E-state index in [0.717, 1.165) is 5.75 Å². The monoisotopic (exact) mass is 353 g/mol. The lowest BCUT2D eigenvalue weighted by atomic mass is 10.4. The predicted octanol–water partition coefficient (Wildman–Crippen LogP) is 1.04. The molecule has 0 atom stereocenters. The van der Waals surface area contributed by atoms with Crippen molar-refractivity contribution in [3.8, 4) is 0 Å². The Balaban J connectivity index is 1.59. The Hall–Kier alpha value is -2.26. The molecule has 0 spiro atoms. The molecule has 0 aliphatic carbocycles. The van der Waals surface area contributed by atoms with Crippen LogP contribution in [0.4, 0.5) is 0 Å². The van der Waals surface area contributed by atoms with Crippen LogP contribution in [-0.4, -0.2) is 23.5 Å². The molecule has 0 saturated heterocycles. The van der Waals surface area contributed by atoms with Gasteiger partial charge in [-0.25, -0.2) is 0 Å². The summed E-state index contributed by atoms with van der Waals surface area (Å²) in [6, 6.07) is 7.28. The summed E-state index contributed by atoms with van der Waals surface area (Å²) >= 11 is 3.04. The van der Waals surface area contributed by atoms with Gasteiger partial charge in [-0.15, -0.1) is 23.1 Å². The molecule has 0 aromatic carbocycles. The average Bonchev–Trinajstić information content (AvgIpc) is 3.23. The molecule has 2 rings (SSSR count). The van der Waals surface area contributed by atoms with Crippen molar-refractivity contribution in [1.82, 2.24) is 16.2 Å². The lowest BCUT2D eigenvalue weighted by molar-refractivity contribution is -0.140. The van der Waals surface area contributed by atoms with Crippen LogP contribution in [0.5, 0.6) is 0 Å². The number of hydrogen-bond acceptors (Lipinski definition) is 6. The molecule has 2 aromatic rings. The van der Waals surface area contributed by atoms with Gasteiger partial charge in [0.25, 0.3) is 0 Å². The maximum Gasteiger partial charge on any atom is 0.327 e. The van der Waals surface area contributed by atoms with Crippen molar-refractivity contribution in [3.05, 3.63) is 46.5 Å². The van der Waals surface area contributed by atoms with Gasteiger partial charge < -0.3 is 9.73 Å². The molecule has 7 nitrogen and oxygen atoms in total. The van der Waals surface area contributed by atoms with Gasteiger partial charge in [-0.05, 0) is 23.6 Å². The predicted molar refractivity (Wildman–Crippen MR) is 87.3 cm³/mol. The smallest absolute Gasteiger partial charge is 0.327 e. The third-order valence-electron chi connectivity index (χ3n) is 2.58. The maximum absolute atomic E-state index is 11.6. The number of rotatable bonds is 6. The molecule has 2 aromatic heterocycles. The van der Waals surface area contributed by atoms with Crippen molar-refractivity contribution in [2.45, 2.75) is 12.3 Å². The van der Waals surface area contributed by atoms with Crippen LogP contribution < -0.4 is 16.2 Å². The van der Waals surface area contributed by atoms with Gasteiger partial charge in [0.15, 0.2) is 0 Å². The first-order chi connectivity index (χ1) is 11.1. The quantitative estimate of drug-likeness (QED) is 0.532. The lowest BCUT2D eigenvalue weighted by Gasteiger charge is -2.07. The van der Waals surface area contributed by atoms with Crippen molar-refractivity contribution in [2.24, 2.45) is 0 Å². The van der Waals surface area contributed by atoms with Crippen molar-refractivity contribution in [2.75, 3.05) is 5.75 Å². The zero-order valence-electron chi connectivity index (χ0n) is 12.0. The summed E-state index contributed by atoms with van der Waals surface area (Å²) in [5, 5.41) is 4.34. The third-order valence-corrected chi connectivity index (χ3v) is 4.62. The van der Waals surface area contributed by atoms with Crippen LogP contribution in [0.25, 0.3) is 0 Å². The number of thiophene rings is 1. The van der Waals surface area contributed by atoms with Gasteiger partial charge in [-0.3, -0.25) is 25.2 Å². The molecule has 0 aliphatic heterocycles. The molecular weight excluding hydrogens is 338 g/mol. The SMILES string of the molecule is O=C(CSCc1cccs1)NNC(=O)C(=O)NCc1ccco1. The van der Waals surface area contributed by atoms with Gasteiger partial charge >= 0.3 is 11.8 Å². The van der Waals surface area contributed by atoms with E-state index in [1.54, 1.807) is 23.5 Å². The molecule has 23 heavy (non-hydrogen) atoms. The van der Waals surface area contributed by atoms with E-state index in [0.29, 0.717) is 5.76 Å². The number of carbonyl (C=O) groups excluding carboxylic acids is 3. The van der Waals surface area contributed by atoms with Gasteiger partial charge in [0, 0.05) is 10.6 Å². The van der Waals surface area contributed by atoms with Crippen molar-refractivity contribution in [3.63, 3.8) is 0 Å². The molecule has 9 heteroatoms. The number of thioether (sulfide) groups is 1. The van der Waals surface area contributed by atoms with Crippen molar-refractivity contribution >= 4 is 40.8 Å². The summed E-state index contributed by atoms with van der Waals surface area (Å²) in [5.41, 5.74) is 4.26. The largest absolute Gasteiger partial charge is 0.467 e. The van der Waals surface area contributed by atoms with Crippen LogP contribution in [0.1, 0.15) is 10.6 Å². The van der Waals surface area contributed by atoms with Crippen LogP contribution in [0.3, 0.4) is 0 Å². The molecule has 0 aliphatic rings. The summed E-state index contributed by atoms with van der Waals surface area (Å²) in [6.07, 6.45) is 1.47. The highest BCUT2D eigenvalue weighted by Crippen LogP contribution is 2.16. The number of carbonyl (C=O) groups is 3. The topological polar surface area (TPSA) is 100 Å². The average molecular weight is 353 g/mol. The molecule has 3 amide bonds. The van der Waals surface area contributed by atoms with E-state index < -0.39 is 11.8 Å². The number of furan rings is 1.